The largest absolute Gasteiger partial charge is 0.478 e. The van der Waals surface area contributed by atoms with Crippen LogP contribution in [0, 0.1) is 0 Å². The Labute approximate surface area is 110 Å². The lowest BCUT2D eigenvalue weighted by atomic mass is 10.1. The Balaban J connectivity index is 1.98. The average molecular weight is 256 g/mol. The molecule has 0 unspecified atom stereocenters. The van der Waals surface area contributed by atoms with E-state index in [2.05, 4.69) is 0 Å². The summed E-state index contributed by atoms with van der Waals surface area (Å²) in [5, 5.41) is 8.75. The van der Waals surface area contributed by atoms with Gasteiger partial charge in [-0.1, -0.05) is 30.3 Å². The highest BCUT2D eigenvalue weighted by Crippen LogP contribution is 2.08. The highest BCUT2D eigenvalue weighted by molar-refractivity contribution is 5.92. The third kappa shape index (κ3) is 3.42. The fourth-order valence-corrected chi connectivity index (χ4v) is 1.56. The second-order valence-corrected chi connectivity index (χ2v) is 3.94. The summed E-state index contributed by atoms with van der Waals surface area (Å²) in [4.78, 5) is 22.4. The van der Waals surface area contributed by atoms with E-state index in [1.807, 2.05) is 30.3 Å². The van der Waals surface area contributed by atoms with Crippen LogP contribution < -0.4 is 0 Å². The number of esters is 1. The number of ether oxygens (including phenoxy) is 1. The minimum atomic E-state index is -1.02. The van der Waals surface area contributed by atoms with E-state index in [0.29, 0.717) is 5.56 Å². The predicted molar refractivity (Wildman–Crippen MR) is 69.0 cm³/mol. The maximum absolute atomic E-state index is 11.7. The number of benzene rings is 2. The maximum Gasteiger partial charge on any atom is 0.338 e. The first-order chi connectivity index (χ1) is 9.16. The van der Waals surface area contributed by atoms with E-state index in [-0.39, 0.29) is 12.2 Å². The number of carboxylic acids is 1. The number of aromatic carboxylic acids is 1. The van der Waals surface area contributed by atoms with Gasteiger partial charge in [0.25, 0.3) is 0 Å². The van der Waals surface area contributed by atoms with Gasteiger partial charge in [0, 0.05) is 0 Å². The Morgan fingerprint density at radius 3 is 2.05 bits per heavy atom. The Hall–Kier alpha value is -2.62. The fourth-order valence-electron chi connectivity index (χ4n) is 1.56. The van der Waals surface area contributed by atoms with Crippen molar-refractivity contribution in [1.29, 1.82) is 0 Å². The van der Waals surface area contributed by atoms with Crippen LogP contribution >= 0.6 is 0 Å². The second kappa shape index (κ2) is 5.82. The predicted octanol–water partition coefficient (Wildman–Crippen LogP) is 2.74. The average Bonchev–Trinajstić information content (AvgIpc) is 2.46. The third-order valence-corrected chi connectivity index (χ3v) is 2.58. The van der Waals surface area contributed by atoms with Gasteiger partial charge >= 0.3 is 11.9 Å². The minimum absolute atomic E-state index is 0.139. The van der Waals surface area contributed by atoms with Crippen molar-refractivity contribution in [2.75, 3.05) is 0 Å². The normalized spacial score (nSPS) is 9.89. The summed E-state index contributed by atoms with van der Waals surface area (Å²) in [6.07, 6.45) is 0. The smallest absolute Gasteiger partial charge is 0.338 e. The Kier molecular flexibility index (Phi) is 3.93. The summed E-state index contributed by atoms with van der Waals surface area (Å²) in [6, 6.07) is 15.0. The molecule has 0 saturated heterocycles. The Morgan fingerprint density at radius 1 is 0.895 bits per heavy atom. The van der Waals surface area contributed by atoms with E-state index in [4.69, 9.17) is 9.84 Å². The van der Waals surface area contributed by atoms with Gasteiger partial charge in [-0.25, -0.2) is 9.59 Å². The van der Waals surface area contributed by atoms with Gasteiger partial charge in [0.1, 0.15) is 6.61 Å². The fraction of sp³-hybridized carbons (Fsp3) is 0.0667. The van der Waals surface area contributed by atoms with Crippen molar-refractivity contribution in [3.8, 4) is 0 Å². The molecule has 0 fully saturated rings. The lowest BCUT2D eigenvalue weighted by molar-refractivity contribution is 0.0472. The summed E-state index contributed by atoms with van der Waals surface area (Å²) in [6.45, 7) is 0.195. The summed E-state index contributed by atoms with van der Waals surface area (Å²) in [5.41, 5.74) is 1.37. The molecule has 96 valence electrons. The number of hydrogen-bond acceptors (Lipinski definition) is 3. The molecule has 0 amide bonds. The minimum Gasteiger partial charge on any atom is -0.478 e. The number of carboxylic acid groups (broad SMARTS) is 1. The van der Waals surface area contributed by atoms with Crippen LogP contribution in [-0.2, 0) is 11.3 Å². The molecule has 1 N–H and O–H groups in total. The molecular weight excluding hydrogens is 244 g/mol. The lowest BCUT2D eigenvalue weighted by Gasteiger charge is -2.05. The molecule has 0 spiro atoms. The molecule has 0 radical (unpaired) electrons. The quantitative estimate of drug-likeness (QED) is 0.854. The molecule has 4 heteroatoms. The zero-order valence-corrected chi connectivity index (χ0v) is 10.1. The van der Waals surface area contributed by atoms with Crippen molar-refractivity contribution in [2.45, 2.75) is 6.61 Å². The van der Waals surface area contributed by atoms with E-state index in [1.54, 1.807) is 0 Å². The van der Waals surface area contributed by atoms with Crippen molar-refractivity contribution >= 4 is 11.9 Å². The molecular formula is C15H12O4. The molecule has 0 aromatic heterocycles. The topological polar surface area (TPSA) is 63.6 Å². The summed E-state index contributed by atoms with van der Waals surface area (Å²) >= 11 is 0. The van der Waals surface area contributed by atoms with Gasteiger partial charge in [-0.2, -0.15) is 0 Å². The van der Waals surface area contributed by atoms with E-state index >= 15 is 0 Å². The Bertz CT molecular complexity index is 573. The van der Waals surface area contributed by atoms with Crippen LogP contribution in [0.1, 0.15) is 26.3 Å². The van der Waals surface area contributed by atoms with Gasteiger partial charge in [0.05, 0.1) is 11.1 Å². The zero-order chi connectivity index (χ0) is 13.7. The molecule has 0 aliphatic rings. The van der Waals surface area contributed by atoms with Gasteiger partial charge in [-0.15, -0.1) is 0 Å². The molecule has 2 rings (SSSR count). The number of carbonyl (C=O) groups is 2. The van der Waals surface area contributed by atoms with Gasteiger partial charge in [-0.05, 0) is 29.8 Å². The summed E-state index contributed by atoms with van der Waals surface area (Å²) < 4.78 is 5.13. The molecule has 0 saturated carbocycles. The van der Waals surface area contributed by atoms with E-state index in [9.17, 15) is 9.59 Å². The summed E-state index contributed by atoms with van der Waals surface area (Å²) in [7, 11) is 0. The highest BCUT2D eigenvalue weighted by atomic mass is 16.5. The van der Waals surface area contributed by atoms with E-state index in [0.717, 1.165) is 5.56 Å². The van der Waals surface area contributed by atoms with Gasteiger partial charge in [0.2, 0.25) is 0 Å². The molecule has 2 aromatic carbocycles. The first-order valence-corrected chi connectivity index (χ1v) is 5.71. The lowest BCUT2D eigenvalue weighted by Crippen LogP contribution is -2.06. The van der Waals surface area contributed by atoms with E-state index in [1.165, 1.54) is 24.3 Å². The summed E-state index contributed by atoms with van der Waals surface area (Å²) in [5.74, 6) is -1.50. The van der Waals surface area contributed by atoms with Crippen LogP contribution in [0.5, 0.6) is 0 Å². The van der Waals surface area contributed by atoms with Gasteiger partial charge in [-0.3, -0.25) is 0 Å². The Morgan fingerprint density at radius 2 is 1.47 bits per heavy atom. The second-order valence-electron chi connectivity index (χ2n) is 3.94. The third-order valence-electron chi connectivity index (χ3n) is 2.58. The molecule has 0 atom stereocenters. The SMILES string of the molecule is O=C(O)c1ccc(C(=O)OCc2ccccc2)cc1. The molecule has 0 aliphatic heterocycles. The van der Waals surface area contributed by atoms with Crippen LogP contribution in [0.2, 0.25) is 0 Å². The van der Waals surface area contributed by atoms with Crippen molar-refractivity contribution in [3.63, 3.8) is 0 Å². The van der Waals surface area contributed by atoms with Crippen LogP contribution in [0.3, 0.4) is 0 Å². The highest BCUT2D eigenvalue weighted by Gasteiger charge is 2.09. The van der Waals surface area contributed by atoms with Crippen molar-refractivity contribution in [2.24, 2.45) is 0 Å². The first kappa shape index (κ1) is 12.8. The molecule has 0 aliphatic carbocycles. The van der Waals surface area contributed by atoms with Crippen molar-refractivity contribution < 1.29 is 19.4 Å². The first-order valence-electron chi connectivity index (χ1n) is 5.71. The van der Waals surface area contributed by atoms with Crippen LogP contribution in [-0.4, -0.2) is 17.0 Å². The molecule has 4 nitrogen and oxygen atoms in total. The monoisotopic (exact) mass is 256 g/mol. The maximum atomic E-state index is 11.7. The zero-order valence-electron chi connectivity index (χ0n) is 10.1. The number of hydrogen-bond donors (Lipinski definition) is 1. The molecule has 19 heavy (non-hydrogen) atoms. The molecule has 2 aromatic rings. The number of rotatable bonds is 4. The van der Waals surface area contributed by atoms with Crippen LogP contribution in [0.25, 0.3) is 0 Å². The number of carbonyl (C=O) groups excluding carboxylic acids is 1. The standard InChI is InChI=1S/C15H12O4/c16-14(17)12-6-8-13(9-7-12)15(18)19-10-11-4-2-1-3-5-11/h1-9H,10H2,(H,16,17). The van der Waals surface area contributed by atoms with Crippen molar-refractivity contribution in [3.05, 3.63) is 71.3 Å². The van der Waals surface area contributed by atoms with Gasteiger partial charge < -0.3 is 9.84 Å². The van der Waals surface area contributed by atoms with Crippen LogP contribution in [0.15, 0.2) is 54.6 Å². The van der Waals surface area contributed by atoms with Gasteiger partial charge in [0.15, 0.2) is 0 Å². The van der Waals surface area contributed by atoms with Crippen LogP contribution in [0.4, 0.5) is 0 Å². The molecule has 0 heterocycles. The van der Waals surface area contributed by atoms with E-state index < -0.39 is 11.9 Å². The molecule has 0 bridgehead atoms. The van der Waals surface area contributed by atoms with Crippen molar-refractivity contribution in [1.82, 2.24) is 0 Å².